The van der Waals surface area contributed by atoms with Gasteiger partial charge in [0.05, 0.1) is 5.56 Å². The molecule has 0 saturated carbocycles. The van der Waals surface area contributed by atoms with Crippen LogP contribution in [0, 0.1) is 0 Å². The predicted molar refractivity (Wildman–Crippen MR) is 62.8 cm³/mol. The topological polar surface area (TPSA) is 38.0 Å². The second-order valence-corrected chi connectivity index (χ2v) is 4.63. The molecule has 0 heterocycles. The standard InChI is InChI=1S/C12H17F3N2/c1-11(2,6-7-16)17-10-5-3-4-9(8-10)12(13,14)15/h3-5,8,17H,6-7,16H2,1-2H3. The van der Waals surface area contributed by atoms with Gasteiger partial charge in [-0.25, -0.2) is 0 Å². The highest BCUT2D eigenvalue weighted by molar-refractivity contribution is 5.48. The zero-order valence-electron chi connectivity index (χ0n) is 9.93. The van der Waals surface area contributed by atoms with E-state index in [4.69, 9.17) is 5.73 Å². The molecule has 0 aliphatic heterocycles. The van der Waals surface area contributed by atoms with E-state index in [1.165, 1.54) is 6.07 Å². The Kier molecular flexibility index (Phi) is 4.03. The van der Waals surface area contributed by atoms with E-state index in [0.29, 0.717) is 18.7 Å². The monoisotopic (exact) mass is 246 g/mol. The molecule has 0 aromatic heterocycles. The first-order chi connectivity index (χ1) is 7.74. The second-order valence-electron chi connectivity index (χ2n) is 4.63. The number of benzene rings is 1. The molecule has 0 amide bonds. The molecule has 5 heteroatoms. The summed E-state index contributed by atoms with van der Waals surface area (Å²) in [6, 6.07) is 5.18. The molecule has 0 saturated heterocycles. The number of rotatable bonds is 4. The van der Waals surface area contributed by atoms with Crippen molar-refractivity contribution in [3.05, 3.63) is 29.8 Å². The van der Waals surface area contributed by atoms with Gasteiger partial charge >= 0.3 is 6.18 Å². The van der Waals surface area contributed by atoms with Crippen molar-refractivity contribution in [3.8, 4) is 0 Å². The lowest BCUT2D eigenvalue weighted by molar-refractivity contribution is -0.137. The maximum Gasteiger partial charge on any atom is 0.416 e. The molecule has 0 fully saturated rings. The largest absolute Gasteiger partial charge is 0.416 e. The summed E-state index contributed by atoms with van der Waals surface area (Å²) in [5.74, 6) is 0. The van der Waals surface area contributed by atoms with Gasteiger partial charge in [0.2, 0.25) is 0 Å². The predicted octanol–water partition coefficient (Wildman–Crippen LogP) is 3.24. The first-order valence-corrected chi connectivity index (χ1v) is 5.40. The van der Waals surface area contributed by atoms with Crippen LogP contribution in [0.4, 0.5) is 18.9 Å². The molecule has 2 nitrogen and oxygen atoms in total. The highest BCUT2D eigenvalue weighted by atomic mass is 19.4. The van der Waals surface area contributed by atoms with Crippen molar-refractivity contribution in [1.82, 2.24) is 0 Å². The number of alkyl halides is 3. The summed E-state index contributed by atoms with van der Waals surface area (Å²) >= 11 is 0. The van der Waals surface area contributed by atoms with Gasteiger partial charge in [0.25, 0.3) is 0 Å². The Balaban J connectivity index is 2.86. The third kappa shape index (κ3) is 4.26. The molecule has 0 atom stereocenters. The average Bonchev–Trinajstić information content (AvgIpc) is 2.15. The Labute approximate surface area is 99.0 Å². The van der Waals surface area contributed by atoms with Crippen LogP contribution in [-0.4, -0.2) is 12.1 Å². The fourth-order valence-corrected chi connectivity index (χ4v) is 1.59. The van der Waals surface area contributed by atoms with Gasteiger partial charge in [-0.3, -0.25) is 0 Å². The number of hydrogen-bond acceptors (Lipinski definition) is 2. The number of halogens is 3. The molecule has 17 heavy (non-hydrogen) atoms. The Morgan fingerprint density at radius 3 is 2.41 bits per heavy atom. The molecular weight excluding hydrogens is 229 g/mol. The van der Waals surface area contributed by atoms with Crippen LogP contribution in [-0.2, 0) is 6.18 Å². The zero-order chi connectivity index (χ0) is 13.1. The van der Waals surface area contributed by atoms with Gasteiger partial charge in [0.15, 0.2) is 0 Å². The number of hydrogen-bond donors (Lipinski definition) is 2. The van der Waals surface area contributed by atoms with Gasteiger partial charge in [0, 0.05) is 11.2 Å². The molecule has 96 valence electrons. The van der Waals surface area contributed by atoms with E-state index in [9.17, 15) is 13.2 Å². The summed E-state index contributed by atoms with van der Waals surface area (Å²) in [6.45, 7) is 4.29. The second kappa shape index (κ2) is 4.96. The molecule has 3 N–H and O–H groups in total. The highest BCUT2D eigenvalue weighted by Gasteiger charge is 2.30. The molecule has 1 rings (SSSR count). The van der Waals surface area contributed by atoms with Gasteiger partial charge in [-0.05, 0) is 45.0 Å². The lowest BCUT2D eigenvalue weighted by atomic mass is 10.00. The smallest absolute Gasteiger partial charge is 0.380 e. The molecule has 1 aromatic carbocycles. The van der Waals surface area contributed by atoms with E-state index >= 15 is 0 Å². The van der Waals surface area contributed by atoms with Crippen LogP contribution in [0.25, 0.3) is 0 Å². The van der Waals surface area contributed by atoms with Crippen LogP contribution in [0.5, 0.6) is 0 Å². The molecule has 0 unspecified atom stereocenters. The van der Waals surface area contributed by atoms with E-state index in [1.807, 2.05) is 13.8 Å². The van der Waals surface area contributed by atoms with E-state index in [-0.39, 0.29) is 5.54 Å². The van der Waals surface area contributed by atoms with E-state index < -0.39 is 11.7 Å². The third-order valence-electron chi connectivity index (χ3n) is 2.44. The minimum atomic E-state index is -4.31. The Morgan fingerprint density at radius 1 is 1.24 bits per heavy atom. The van der Waals surface area contributed by atoms with E-state index in [2.05, 4.69) is 5.32 Å². The maximum absolute atomic E-state index is 12.5. The molecule has 0 aliphatic carbocycles. The fourth-order valence-electron chi connectivity index (χ4n) is 1.59. The maximum atomic E-state index is 12.5. The zero-order valence-corrected chi connectivity index (χ0v) is 9.93. The SMILES string of the molecule is CC(C)(CCN)Nc1cccc(C(F)(F)F)c1. The lowest BCUT2D eigenvalue weighted by Gasteiger charge is -2.27. The summed E-state index contributed by atoms with van der Waals surface area (Å²) in [4.78, 5) is 0. The van der Waals surface area contributed by atoms with Gasteiger partial charge in [-0.15, -0.1) is 0 Å². The van der Waals surface area contributed by atoms with Crippen LogP contribution in [0.3, 0.4) is 0 Å². The van der Waals surface area contributed by atoms with Gasteiger partial charge in [-0.2, -0.15) is 13.2 Å². The van der Waals surface area contributed by atoms with Crippen molar-refractivity contribution in [2.75, 3.05) is 11.9 Å². The molecule has 0 radical (unpaired) electrons. The van der Waals surface area contributed by atoms with Gasteiger partial charge in [0.1, 0.15) is 0 Å². The lowest BCUT2D eigenvalue weighted by Crippen LogP contribution is -2.33. The Hall–Kier alpha value is -1.23. The Bertz CT molecular complexity index is 372. The minimum absolute atomic E-state index is 0.320. The summed E-state index contributed by atoms with van der Waals surface area (Å²) in [7, 11) is 0. The quantitative estimate of drug-likeness (QED) is 0.855. The first kappa shape index (κ1) is 13.8. The molecule has 0 spiro atoms. The third-order valence-corrected chi connectivity index (χ3v) is 2.44. The normalized spacial score (nSPS) is 12.6. The minimum Gasteiger partial charge on any atom is -0.380 e. The molecule has 0 aliphatic rings. The first-order valence-electron chi connectivity index (χ1n) is 5.40. The highest BCUT2D eigenvalue weighted by Crippen LogP contribution is 2.31. The van der Waals surface area contributed by atoms with Crippen molar-refractivity contribution >= 4 is 5.69 Å². The van der Waals surface area contributed by atoms with E-state index in [0.717, 1.165) is 12.1 Å². The van der Waals surface area contributed by atoms with Crippen LogP contribution in [0.1, 0.15) is 25.8 Å². The summed E-state index contributed by atoms with van der Waals surface area (Å²) in [5, 5.41) is 3.05. The van der Waals surface area contributed by atoms with Crippen molar-refractivity contribution in [2.45, 2.75) is 32.0 Å². The number of nitrogens with one attached hydrogen (secondary N) is 1. The van der Waals surface area contributed by atoms with Crippen molar-refractivity contribution in [1.29, 1.82) is 0 Å². The van der Waals surface area contributed by atoms with Crippen LogP contribution < -0.4 is 11.1 Å². The fraction of sp³-hybridized carbons (Fsp3) is 0.500. The van der Waals surface area contributed by atoms with Gasteiger partial charge < -0.3 is 11.1 Å². The van der Waals surface area contributed by atoms with Gasteiger partial charge in [-0.1, -0.05) is 6.07 Å². The Morgan fingerprint density at radius 2 is 1.88 bits per heavy atom. The number of nitrogens with two attached hydrogens (primary N) is 1. The molecule has 0 bridgehead atoms. The number of anilines is 1. The summed E-state index contributed by atoms with van der Waals surface area (Å²) in [5.41, 5.74) is 4.94. The van der Waals surface area contributed by atoms with Crippen molar-refractivity contribution in [3.63, 3.8) is 0 Å². The van der Waals surface area contributed by atoms with Crippen LogP contribution in [0.15, 0.2) is 24.3 Å². The van der Waals surface area contributed by atoms with Crippen LogP contribution in [0.2, 0.25) is 0 Å². The molecule has 1 aromatic rings. The van der Waals surface area contributed by atoms with Crippen molar-refractivity contribution in [2.24, 2.45) is 5.73 Å². The van der Waals surface area contributed by atoms with Crippen LogP contribution >= 0.6 is 0 Å². The van der Waals surface area contributed by atoms with E-state index in [1.54, 1.807) is 6.07 Å². The molecular formula is C12H17F3N2. The average molecular weight is 246 g/mol. The summed E-state index contributed by atoms with van der Waals surface area (Å²) in [6.07, 6.45) is -3.63. The summed E-state index contributed by atoms with van der Waals surface area (Å²) < 4.78 is 37.5. The van der Waals surface area contributed by atoms with Crippen molar-refractivity contribution < 1.29 is 13.2 Å².